The van der Waals surface area contributed by atoms with Gasteiger partial charge in [0.05, 0.1) is 13.2 Å². The van der Waals surface area contributed by atoms with Crippen LogP contribution in [0.2, 0.25) is 0 Å². The van der Waals surface area contributed by atoms with Gasteiger partial charge in [-0.25, -0.2) is 4.98 Å². The van der Waals surface area contributed by atoms with Crippen molar-refractivity contribution in [2.24, 2.45) is 0 Å². The smallest absolute Gasteiger partial charge is 0.257 e. The molecule has 1 aliphatic rings. The molecule has 1 aliphatic heterocycles. The van der Waals surface area contributed by atoms with Gasteiger partial charge in [-0.15, -0.1) is 0 Å². The average molecular weight is 300 g/mol. The highest BCUT2D eigenvalue weighted by molar-refractivity contribution is 5.96. The maximum atomic E-state index is 12.4. The summed E-state index contributed by atoms with van der Waals surface area (Å²) in [5.74, 6) is 1.47. The van der Waals surface area contributed by atoms with Crippen LogP contribution in [0, 0.1) is 0 Å². The van der Waals surface area contributed by atoms with Gasteiger partial charge in [0, 0.05) is 6.20 Å². The first-order valence-corrected chi connectivity index (χ1v) is 6.88. The van der Waals surface area contributed by atoms with Crippen LogP contribution < -0.4 is 19.5 Å². The second-order valence-corrected chi connectivity index (χ2v) is 4.87. The number of methoxy groups -OCH3 is 1. The minimum absolute atomic E-state index is 0.188. The van der Waals surface area contributed by atoms with Crippen molar-refractivity contribution in [2.45, 2.75) is 13.0 Å². The van der Waals surface area contributed by atoms with E-state index < -0.39 is 0 Å². The number of fused-ring (bicyclic) bond motifs is 1. The van der Waals surface area contributed by atoms with Crippen LogP contribution in [-0.4, -0.2) is 24.8 Å². The normalized spacial score (nSPS) is 13.5. The largest absolute Gasteiger partial charge is 0.480 e. The Morgan fingerprint density at radius 1 is 1.32 bits per heavy atom. The molecule has 0 bridgehead atoms. The summed E-state index contributed by atoms with van der Waals surface area (Å²) in [6, 6.07) is 8.79. The molecule has 22 heavy (non-hydrogen) atoms. The first-order chi connectivity index (χ1) is 10.7. The van der Waals surface area contributed by atoms with Gasteiger partial charge in [0.15, 0.2) is 11.5 Å². The molecule has 0 spiro atoms. The van der Waals surface area contributed by atoms with E-state index in [4.69, 9.17) is 14.2 Å². The van der Waals surface area contributed by atoms with Gasteiger partial charge in [-0.1, -0.05) is 6.07 Å². The SMILES string of the molecule is COc1ncccc1C(=O)NC(C)c1ccc2c(c1)OCO2. The van der Waals surface area contributed by atoms with E-state index in [-0.39, 0.29) is 18.7 Å². The van der Waals surface area contributed by atoms with Crippen molar-refractivity contribution in [3.05, 3.63) is 47.7 Å². The predicted molar refractivity (Wildman–Crippen MR) is 79.2 cm³/mol. The third-order valence-electron chi connectivity index (χ3n) is 3.45. The molecule has 1 atom stereocenters. The Kier molecular flexibility index (Phi) is 3.82. The van der Waals surface area contributed by atoms with Crippen molar-refractivity contribution in [3.63, 3.8) is 0 Å². The standard InChI is InChI=1S/C16H16N2O4/c1-10(11-5-6-13-14(8-11)22-9-21-13)18-15(19)12-4-3-7-17-16(12)20-2/h3-8,10H,9H2,1-2H3,(H,18,19). The van der Waals surface area contributed by atoms with Crippen molar-refractivity contribution < 1.29 is 19.0 Å². The number of hydrogen-bond donors (Lipinski definition) is 1. The minimum Gasteiger partial charge on any atom is -0.480 e. The topological polar surface area (TPSA) is 69.7 Å². The zero-order valence-electron chi connectivity index (χ0n) is 12.3. The highest BCUT2D eigenvalue weighted by Gasteiger charge is 2.19. The molecule has 0 saturated carbocycles. The second kappa shape index (κ2) is 5.93. The summed E-state index contributed by atoms with van der Waals surface area (Å²) in [7, 11) is 1.49. The minimum atomic E-state index is -0.241. The molecule has 1 aromatic heterocycles. The van der Waals surface area contributed by atoms with Crippen LogP contribution in [0.5, 0.6) is 17.4 Å². The fraction of sp³-hybridized carbons (Fsp3) is 0.250. The van der Waals surface area contributed by atoms with Crippen LogP contribution in [-0.2, 0) is 0 Å². The molecule has 1 unspecified atom stereocenters. The Labute approximate surface area is 128 Å². The maximum Gasteiger partial charge on any atom is 0.257 e. The number of benzene rings is 1. The number of nitrogens with one attached hydrogen (secondary N) is 1. The molecule has 3 rings (SSSR count). The maximum absolute atomic E-state index is 12.4. The summed E-state index contributed by atoms with van der Waals surface area (Å²) in [6.45, 7) is 2.13. The molecule has 114 valence electrons. The van der Waals surface area contributed by atoms with Crippen LogP contribution in [0.25, 0.3) is 0 Å². The van der Waals surface area contributed by atoms with Crippen molar-refractivity contribution in [2.75, 3.05) is 13.9 Å². The molecule has 1 N–H and O–H groups in total. The number of hydrogen-bond acceptors (Lipinski definition) is 5. The van der Waals surface area contributed by atoms with Gasteiger partial charge < -0.3 is 19.5 Å². The lowest BCUT2D eigenvalue weighted by molar-refractivity contribution is 0.0936. The Bertz CT molecular complexity index is 702. The lowest BCUT2D eigenvalue weighted by atomic mass is 10.1. The number of rotatable bonds is 4. The van der Waals surface area contributed by atoms with Crippen LogP contribution >= 0.6 is 0 Å². The van der Waals surface area contributed by atoms with E-state index >= 15 is 0 Å². The number of amides is 1. The van der Waals surface area contributed by atoms with Gasteiger partial charge in [-0.05, 0) is 36.8 Å². The summed E-state index contributed by atoms with van der Waals surface area (Å²) in [5, 5.41) is 2.92. The van der Waals surface area contributed by atoms with Gasteiger partial charge >= 0.3 is 0 Å². The van der Waals surface area contributed by atoms with Crippen molar-refractivity contribution in [1.29, 1.82) is 0 Å². The van der Waals surface area contributed by atoms with Crippen LogP contribution in [0.4, 0.5) is 0 Å². The molecule has 2 aromatic rings. The van der Waals surface area contributed by atoms with Crippen LogP contribution in [0.15, 0.2) is 36.5 Å². The summed E-state index contributed by atoms with van der Waals surface area (Å²) in [5.41, 5.74) is 1.33. The second-order valence-electron chi connectivity index (χ2n) is 4.87. The van der Waals surface area contributed by atoms with Crippen LogP contribution in [0.3, 0.4) is 0 Å². The van der Waals surface area contributed by atoms with E-state index in [1.807, 2.05) is 25.1 Å². The number of carbonyl (C=O) groups is 1. The summed E-state index contributed by atoms with van der Waals surface area (Å²) < 4.78 is 15.7. The Morgan fingerprint density at radius 3 is 2.95 bits per heavy atom. The van der Waals surface area contributed by atoms with Crippen molar-refractivity contribution in [1.82, 2.24) is 10.3 Å². The number of carbonyl (C=O) groups excluding carboxylic acids is 1. The van der Waals surface area contributed by atoms with E-state index in [2.05, 4.69) is 10.3 Å². The fourth-order valence-corrected chi connectivity index (χ4v) is 2.27. The Morgan fingerprint density at radius 2 is 2.14 bits per heavy atom. The number of aromatic nitrogens is 1. The molecule has 0 fully saturated rings. The molecule has 1 aromatic carbocycles. The molecule has 1 amide bonds. The van der Waals surface area contributed by atoms with E-state index in [9.17, 15) is 4.79 Å². The molecule has 2 heterocycles. The highest BCUT2D eigenvalue weighted by Crippen LogP contribution is 2.34. The Balaban J connectivity index is 1.76. The van der Waals surface area contributed by atoms with Crippen LogP contribution in [0.1, 0.15) is 28.9 Å². The first-order valence-electron chi connectivity index (χ1n) is 6.88. The van der Waals surface area contributed by atoms with Gasteiger partial charge in [-0.2, -0.15) is 0 Å². The molecule has 6 nitrogen and oxygen atoms in total. The molecule has 0 radical (unpaired) electrons. The molecular weight excluding hydrogens is 284 g/mol. The lowest BCUT2D eigenvalue weighted by Gasteiger charge is -2.15. The molecule has 6 heteroatoms. The summed E-state index contributed by atoms with van der Waals surface area (Å²) in [6.07, 6.45) is 1.58. The quantitative estimate of drug-likeness (QED) is 0.938. The van der Waals surface area contributed by atoms with Gasteiger partial charge in [-0.3, -0.25) is 4.79 Å². The fourth-order valence-electron chi connectivity index (χ4n) is 2.27. The summed E-state index contributed by atoms with van der Waals surface area (Å²) >= 11 is 0. The van der Waals surface area contributed by atoms with Gasteiger partial charge in [0.2, 0.25) is 12.7 Å². The molecule has 0 saturated heterocycles. The lowest BCUT2D eigenvalue weighted by Crippen LogP contribution is -2.27. The molecular formula is C16H16N2O4. The van der Waals surface area contributed by atoms with E-state index in [1.54, 1.807) is 18.3 Å². The van der Waals surface area contributed by atoms with Gasteiger partial charge in [0.25, 0.3) is 5.91 Å². The zero-order valence-corrected chi connectivity index (χ0v) is 12.3. The predicted octanol–water partition coefficient (Wildman–Crippen LogP) is 2.31. The van der Waals surface area contributed by atoms with E-state index in [0.717, 1.165) is 11.3 Å². The number of nitrogens with zero attached hydrogens (tertiary/aromatic N) is 1. The van der Waals surface area contributed by atoms with Gasteiger partial charge in [0.1, 0.15) is 5.56 Å². The third kappa shape index (κ3) is 2.67. The Hall–Kier alpha value is -2.76. The van der Waals surface area contributed by atoms with Crippen molar-refractivity contribution >= 4 is 5.91 Å². The summed E-state index contributed by atoms with van der Waals surface area (Å²) in [4.78, 5) is 16.4. The van der Waals surface area contributed by atoms with Crippen molar-refractivity contribution in [3.8, 4) is 17.4 Å². The van der Waals surface area contributed by atoms with E-state index in [1.165, 1.54) is 7.11 Å². The third-order valence-corrected chi connectivity index (χ3v) is 3.45. The number of pyridine rings is 1. The highest BCUT2D eigenvalue weighted by atomic mass is 16.7. The average Bonchev–Trinajstić information content (AvgIpc) is 3.02. The molecule has 0 aliphatic carbocycles. The van der Waals surface area contributed by atoms with E-state index in [0.29, 0.717) is 17.2 Å². The first kappa shape index (κ1) is 14.2. The number of ether oxygens (including phenoxy) is 3. The zero-order chi connectivity index (χ0) is 15.5. The monoisotopic (exact) mass is 300 g/mol.